The van der Waals surface area contributed by atoms with E-state index in [1.54, 1.807) is 13.2 Å². The molecule has 7 heteroatoms. The first-order valence-electron chi connectivity index (χ1n) is 8.43. The van der Waals surface area contributed by atoms with Crippen molar-refractivity contribution < 1.29 is 19.1 Å². The first kappa shape index (κ1) is 18.3. The molecular formula is C19H22N2O5. The zero-order valence-electron chi connectivity index (χ0n) is 14.7. The Hall–Kier alpha value is -2.48. The van der Waals surface area contributed by atoms with Crippen LogP contribution in [0.1, 0.15) is 16.7 Å². The van der Waals surface area contributed by atoms with E-state index >= 15 is 0 Å². The third kappa shape index (κ3) is 4.57. The maximum atomic E-state index is 11.3. The number of nitro benzene ring substituents is 1. The molecule has 0 saturated carbocycles. The SMILES string of the molecule is COCCN(Cc1ccccc1)Cc1cc([N+](=O)[O-])cc2c1OCOC2. The molecule has 2 aromatic rings. The van der Waals surface area contributed by atoms with E-state index in [1.165, 1.54) is 11.6 Å². The van der Waals surface area contributed by atoms with Gasteiger partial charge in [0.25, 0.3) is 5.69 Å². The number of benzene rings is 2. The highest BCUT2D eigenvalue weighted by Gasteiger charge is 2.22. The van der Waals surface area contributed by atoms with Crippen LogP contribution in [0, 0.1) is 10.1 Å². The molecule has 0 atom stereocenters. The standard InChI is InChI=1S/C19H22N2O5/c1-24-8-7-20(11-15-5-3-2-4-6-15)12-16-9-18(21(22)23)10-17-13-25-14-26-19(16)17/h2-6,9-10H,7-8,11-14H2,1H3. The van der Waals surface area contributed by atoms with Gasteiger partial charge in [-0.1, -0.05) is 30.3 Å². The number of rotatable bonds is 8. The van der Waals surface area contributed by atoms with Crippen LogP contribution in [0.15, 0.2) is 42.5 Å². The number of nitro groups is 1. The van der Waals surface area contributed by atoms with Gasteiger partial charge in [-0.25, -0.2) is 0 Å². The van der Waals surface area contributed by atoms with Gasteiger partial charge in [-0.05, 0) is 5.56 Å². The first-order valence-corrected chi connectivity index (χ1v) is 8.43. The second kappa shape index (κ2) is 8.75. The van der Waals surface area contributed by atoms with Gasteiger partial charge in [-0.15, -0.1) is 0 Å². The third-order valence-corrected chi connectivity index (χ3v) is 4.24. The largest absolute Gasteiger partial charge is 0.467 e. The average Bonchev–Trinajstić information content (AvgIpc) is 2.66. The van der Waals surface area contributed by atoms with Crippen LogP contribution in [0.2, 0.25) is 0 Å². The molecule has 1 aliphatic rings. The molecule has 0 fully saturated rings. The van der Waals surface area contributed by atoms with E-state index < -0.39 is 0 Å². The van der Waals surface area contributed by atoms with E-state index in [0.29, 0.717) is 37.6 Å². The molecule has 0 aliphatic carbocycles. The van der Waals surface area contributed by atoms with Crippen LogP contribution < -0.4 is 4.74 Å². The molecule has 0 spiro atoms. The molecule has 0 radical (unpaired) electrons. The molecule has 26 heavy (non-hydrogen) atoms. The summed E-state index contributed by atoms with van der Waals surface area (Å²) in [6.07, 6.45) is 0. The summed E-state index contributed by atoms with van der Waals surface area (Å²) >= 11 is 0. The average molecular weight is 358 g/mol. The van der Waals surface area contributed by atoms with Gasteiger partial charge in [0.1, 0.15) is 5.75 Å². The predicted molar refractivity (Wildman–Crippen MR) is 95.8 cm³/mol. The summed E-state index contributed by atoms with van der Waals surface area (Å²) < 4.78 is 16.1. The van der Waals surface area contributed by atoms with E-state index in [-0.39, 0.29) is 17.4 Å². The van der Waals surface area contributed by atoms with Gasteiger partial charge in [0.05, 0.1) is 18.1 Å². The highest BCUT2D eigenvalue weighted by molar-refractivity contribution is 5.50. The van der Waals surface area contributed by atoms with Crippen molar-refractivity contribution in [3.8, 4) is 5.75 Å². The van der Waals surface area contributed by atoms with E-state index in [1.807, 2.05) is 18.2 Å². The summed E-state index contributed by atoms with van der Waals surface area (Å²) in [4.78, 5) is 13.1. The summed E-state index contributed by atoms with van der Waals surface area (Å²) in [7, 11) is 1.66. The number of ether oxygens (including phenoxy) is 3. The summed E-state index contributed by atoms with van der Waals surface area (Å²) in [5.74, 6) is 0.692. The van der Waals surface area contributed by atoms with Crippen LogP contribution in [-0.4, -0.2) is 36.9 Å². The van der Waals surface area contributed by atoms with Crippen molar-refractivity contribution in [2.75, 3.05) is 27.1 Å². The zero-order chi connectivity index (χ0) is 18.4. The van der Waals surface area contributed by atoms with Crippen LogP contribution in [0.4, 0.5) is 5.69 Å². The fourth-order valence-electron chi connectivity index (χ4n) is 3.02. The summed E-state index contributed by atoms with van der Waals surface area (Å²) in [5.41, 5.74) is 2.74. The Balaban J connectivity index is 1.87. The van der Waals surface area contributed by atoms with Crippen molar-refractivity contribution >= 4 is 5.69 Å². The molecule has 1 aliphatic heterocycles. The Labute approximate surface area is 152 Å². The fourth-order valence-corrected chi connectivity index (χ4v) is 3.02. The van der Waals surface area contributed by atoms with Crippen molar-refractivity contribution in [3.63, 3.8) is 0 Å². The van der Waals surface area contributed by atoms with Crippen LogP contribution >= 0.6 is 0 Å². The number of non-ortho nitro benzene ring substituents is 1. The van der Waals surface area contributed by atoms with Gasteiger partial charge in [-0.3, -0.25) is 15.0 Å². The quantitative estimate of drug-likeness (QED) is 0.533. The lowest BCUT2D eigenvalue weighted by molar-refractivity contribution is -0.385. The monoisotopic (exact) mass is 358 g/mol. The maximum absolute atomic E-state index is 11.3. The van der Waals surface area contributed by atoms with E-state index in [9.17, 15) is 10.1 Å². The normalized spacial score (nSPS) is 13.3. The topological polar surface area (TPSA) is 74.1 Å². The number of methoxy groups -OCH3 is 1. The fraction of sp³-hybridized carbons (Fsp3) is 0.368. The van der Waals surface area contributed by atoms with Gasteiger partial charge < -0.3 is 14.2 Å². The lowest BCUT2D eigenvalue weighted by Gasteiger charge is -2.26. The van der Waals surface area contributed by atoms with Crippen molar-refractivity contribution in [2.45, 2.75) is 19.7 Å². The Morgan fingerprint density at radius 2 is 2.04 bits per heavy atom. The van der Waals surface area contributed by atoms with Crippen molar-refractivity contribution in [3.05, 3.63) is 69.3 Å². The lowest BCUT2D eigenvalue weighted by atomic mass is 10.1. The molecule has 0 unspecified atom stereocenters. The molecule has 0 saturated heterocycles. The molecule has 1 heterocycles. The molecule has 0 bridgehead atoms. The van der Waals surface area contributed by atoms with Gasteiger partial charge in [0, 0.05) is 50.0 Å². The number of hydrogen-bond acceptors (Lipinski definition) is 6. The Kier molecular flexibility index (Phi) is 6.17. The number of nitrogens with zero attached hydrogens (tertiary/aromatic N) is 2. The molecule has 7 nitrogen and oxygen atoms in total. The summed E-state index contributed by atoms with van der Waals surface area (Å²) in [5, 5.41) is 11.3. The highest BCUT2D eigenvalue weighted by Crippen LogP contribution is 2.33. The second-order valence-electron chi connectivity index (χ2n) is 6.15. The van der Waals surface area contributed by atoms with Gasteiger partial charge >= 0.3 is 0 Å². The summed E-state index contributed by atoms with van der Waals surface area (Å²) in [6.45, 7) is 3.02. The van der Waals surface area contributed by atoms with Crippen molar-refractivity contribution in [2.24, 2.45) is 0 Å². The van der Waals surface area contributed by atoms with E-state index in [0.717, 1.165) is 12.1 Å². The Bertz CT molecular complexity index is 751. The number of hydrogen-bond donors (Lipinski definition) is 0. The molecule has 3 rings (SSSR count). The zero-order valence-corrected chi connectivity index (χ0v) is 14.7. The summed E-state index contributed by atoms with van der Waals surface area (Å²) in [6, 6.07) is 13.2. The van der Waals surface area contributed by atoms with E-state index in [4.69, 9.17) is 14.2 Å². The van der Waals surface area contributed by atoms with E-state index in [2.05, 4.69) is 17.0 Å². The smallest absolute Gasteiger partial charge is 0.270 e. The van der Waals surface area contributed by atoms with Crippen LogP contribution in [0.25, 0.3) is 0 Å². The van der Waals surface area contributed by atoms with Gasteiger partial charge in [-0.2, -0.15) is 0 Å². The maximum Gasteiger partial charge on any atom is 0.270 e. The second-order valence-corrected chi connectivity index (χ2v) is 6.15. The predicted octanol–water partition coefficient (Wildman–Crippen LogP) is 3.11. The number of fused-ring (bicyclic) bond motifs is 1. The molecule has 138 valence electrons. The van der Waals surface area contributed by atoms with Gasteiger partial charge in [0.15, 0.2) is 6.79 Å². The Morgan fingerprint density at radius 3 is 2.77 bits per heavy atom. The highest BCUT2D eigenvalue weighted by atomic mass is 16.7. The minimum absolute atomic E-state index is 0.0549. The van der Waals surface area contributed by atoms with Crippen molar-refractivity contribution in [1.82, 2.24) is 4.90 Å². The third-order valence-electron chi connectivity index (χ3n) is 4.24. The first-order chi connectivity index (χ1) is 12.7. The van der Waals surface area contributed by atoms with Crippen LogP contribution in [-0.2, 0) is 29.2 Å². The molecule has 0 N–H and O–H groups in total. The molecule has 0 aromatic heterocycles. The minimum Gasteiger partial charge on any atom is -0.467 e. The van der Waals surface area contributed by atoms with Gasteiger partial charge in [0.2, 0.25) is 0 Å². The minimum atomic E-state index is -0.380. The van der Waals surface area contributed by atoms with Crippen LogP contribution in [0.5, 0.6) is 5.75 Å². The van der Waals surface area contributed by atoms with Crippen molar-refractivity contribution in [1.29, 1.82) is 0 Å². The molecular weight excluding hydrogens is 336 g/mol. The molecule has 2 aromatic carbocycles. The van der Waals surface area contributed by atoms with Crippen LogP contribution in [0.3, 0.4) is 0 Å². The lowest BCUT2D eigenvalue weighted by Crippen LogP contribution is -2.27. The molecule has 0 amide bonds. The Morgan fingerprint density at radius 1 is 1.23 bits per heavy atom.